The molecule has 0 spiro atoms. The second-order valence-electron chi connectivity index (χ2n) is 11.0. The standard InChI is InChI=1S/C36H40ClN3O5S/c1-4-5-22-38-36(42)34(24-28-10-7-6-8-11-28)39(25-29-12-9-13-32(23-29)45-3)35(41)26-40(31-18-16-30(37)17-19-31)46(43,44)33-20-14-27(2)15-21-33/h6-21,23,34H,4-5,22,24-26H2,1-3H3,(H,38,42)/t34-/m0/s1. The summed E-state index contributed by atoms with van der Waals surface area (Å²) >= 11 is 6.14. The Morgan fingerprint density at radius 3 is 2.22 bits per heavy atom. The van der Waals surface area contributed by atoms with E-state index in [0.717, 1.165) is 33.8 Å². The molecule has 10 heteroatoms. The normalized spacial score (nSPS) is 11.8. The number of nitrogens with zero attached hydrogens (tertiary/aromatic N) is 2. The predicted octanol–water partition coefficient (Wildman–Crippen LogP) is 6.41. The van der Waals surface area contributed by atoms with E-state index >= 15 is 0 Å². The molecule has 4 rings (SSSR count). The van der Waals surface area contributed by atoms with Gasteiger partial charge in [-0.2, -0.15) is 0 Å². The average molecular weight is 662 g/mol. The van der Waals surface area contributed by atoms with Crippen LogP contribution in [-0.2, 0) is 32.6 Å². The Morgan fingerprint density at radius 2 is 1.57 bits per heavy atom. The molecular weight excluding hydrogens is 622 g/mol. The van der Waals surface area contributed by atoms with E-state index < -0.39 is 28.5 Å². The first-order chi connectivity index (χ1) is 22.1. The largest absolute Gasteiger partial charge is 0.497 e. The number of nitrogens with one attached hydrogen (secondary N) is 1. The summed E-state index contributed by atoms with van der Waals surface area (Å²) in [6, 6.07) is 28.5. The molecule has 0 aromatic heterocycles. The lowest BCUT2D eigenvalue weighted by Crippen LogP contribution is -2.53. The van der Waals surface area contributed by atoms with Crippen molar-refractivity contribution in [1.82, 2.24) is 10.2 Å². The van der Waals surface area contributed by atoms with Crippen LogP contribution in [0, 0.1) is 6.92 Å². The van der Waals surface area contributed by atoms with Crippen LogP contribution in [0.4, 0.5) is 5.69 Å². The number of carbonyl (C=O) groups excluding carboxylic acids is 2. The highest BCUT2D eigenvalue weighted by Crippen LogP contribution is 2.27. The number of aryl methyl sites for hydroxylation is 1. The number of methoxy groups -OCH3 is 1. The number of carbonyl (C=O) groups is 2. The Balaban J connectivity index is 1.79. The van der Waals surface area contributed by atoms with Crippen LogP contribution in [0.5, 0.6) is 5.75 Å². The minimum Gasteiger partial charge on any atom is -0.497 e. The van der Waals surface area contributed by atoms with Crippen molar-refractivity contribution in [2.75, 3.05) is 24.5 Å². The van der Waals surface area contributed by atoms with Crippen LogP contribution in [-0.4, -0.2) is 51.4 Å². The Kier molecular flexibility index (Phi) is 12.2. The van der Waals surface area contributed by atoms with Crippen LogP contribution in [0.2, 0.25) is 5.02 Å². The van der Waals surface area contributed by atoms with E-state index in [2.05, 4.69) is 5.32 Å². The van der Waals surface area contributed by atoms with Gasteiger partial charge in [0, 0.05) is 24.5 Å². The fraction of sp³-hybridized carbons (Fsp3) is 0.278. The van der Waals surface area contributed by atoms with Gasteiger partial charge < -0.3 is 15.0 Å². The van der Waals surface area contributed by atoms with Gasteiger partial charge in [-0.15, -0.1) is 0 Å². The van der Waals surface area contributed by atoms with Crippen molar-refractivity contribution in [3.05, 3.63) is 125 Å². The first kappa shape index (κ1) is 34.5. The lowest BCUT2D eigenvalue weighted by atomic mass is 10.0. The van der Waals surface area contributed by atoms with Crippen molar-refractivity contribution in [3.63, 3.8) is 0 Å². The average Bonchev–Trinajstić information content (AvgIpc) is 3.06. The number of amides is 2. The number of rotatable bonds is 15. The number of anilines is 1. The van der Waals surface area contributed by atoms with E-state index in [4.69, 9.17) is 16.3 Å². The zero-order chi connectivity index (χ0) is 33.1. The monoisotopic (exact) mass is 661 g/mol. The zero-order valence-corrected chi connectivity index (χ0v) is 27.9. The van der Waals surface area contributed by atoms with E-state index in [-0.39, 0.29) is 29.5 Å². The third kappa shape index (κ3) is 9.11. The molecule has 0 fully saturated rings. The van der Waals surface area contributed by atoms with Crippen molar-refractivity contribution < 1.29 is 22.7 Å². The highest BCUT2D eigenvalue weighted by Gasteiger charge is 2.34. The molecule has 0 aliphatic carbocycles. The predicted molar refractivity (Wildman–Crippen MR) is 183 cm³/mol. The van der Waals surface area contributed by atoms with Crippen LogP contribution < -0.4 is 14.4 Å². The van der Waals surface area contributed by atoms with E-state index in [1.807, 2.05) is 56.3 Å². The van der Waals surface area contributed by atoms with Gasteiger partial charge in [0.1, 0.15) is 18.3 Å². The van der Waals surface area contributed by atoms with Crippen LogP contribution in [0.15, 0.2) is 108 Å². The molecule has 4 aromatic rings. The zero-order valence-electron chi connectivity index (χ0n) is 26.4. The minimum atomic E-state index is -4.20. The molecule has 1 atom stereocenters. The van der Waals surface area contributed by atoms with Gasteiger partial charge in [0.15, 0.2) is 0 Å². The van der Waals surface area contributed by atoms with Gasteiger partial charge in [0.25, 0.3) is 10.0 Å². The van der Waals surface area contributed by atoms with Crippen LogP contribution >= 0.6 is 11.6 Å². The van der Waals surface area contributed by atoms with Gasteiger partial charge in [0.2, 0.25) is 11.8 Å². The molecule has 0 heterocycles. The summed E-state index contributed by atoms with van der Waals surface area (Å²) in [5.74, 6) is -0.255. The van der Waals surface area contributed by atoms with Crippen molar-refractivity contribution in [2.45, 2.75) is 50.6 Å². The molecule has 242 valence electrons. The molecule has 1 N–H and O–H groups in total. The van der Waals surface area contributed by atoms with Crippen molar-refractivity contribution >= 4 is 39.1 Å². The Hall–Kier alpha value is -4.34. The highest BCUT2D eigenvalue weighted by molar-refractivity contribution is 7.92. The first-order valence-electron chi connectivity index (χ1n) is 15.2. The van der Waals surface area contributed by atoms with Crippen LogP contribution in [0.1, 0.15) is 36.5 Å². The molecule has 8 nitrogen and oxygen atoms in total. The molecule has 4 aromatic carbocycles. The minimum absolute atomic E-state index is 0.0401. The van der Waals surface area contributed by atoms with Crippen LogP contribution in [0.25, 0.3) is 0 Å². The van der Waals surface area contributed by atoms with Gasteiger partial charge >= 0.3 is 0 Å². The molecule has 0 aliphatic rings. The smallest absolute Gasteiger partial charge is 0.264 e. The molecule has 0 unspecified atom stereocenters. The Morgan fingerprint density at radius 1 is 0.891 bits per heavy atom. The van der Waals surface area contributed by atoms with Crippen molar-refractivity contribution in [2.24, 2.45) is 0 Å². The lowest BCUT2D eigenvalue weighted by molar-refractivity contribution is -0.140. The first-order valence-corrected chi connectivity index (χ1v) is 17.0. The number of unbranched alkanes of at least 4 members (excludes halogenated alkanes) is 1. The van der Waals surface area contributed by atoms with Crippen molar-refractivity contribution in [1.29, 1.82) is 0 Å². The number of hydrogen-bond donors (Lipinski definition) is 1. The quantitative estimate of drug-likeness (QED) is 0.149. The van der Waals surface area contributed by atoms with E-state index in [1.165, 1.54) is 17.0 Å². The Bertz CT molecular complexity index is 1700. The third-order valence-electron chi connectivity index (χ3n) is 7.59. The lowest BCUT2D eigenvalue weighted by Gasteiger charge is -2.34. The van der Waals surface area contributed by atoms with E-state index in [0.29, 0.717) is 17.3 Å². The fourth-order valence-electron chi connectivity index (χ4n) is 5.00. The number of sulfonamides is 1. The van der Waals surface area contributed by atoms with Gasteiger partial charge in [-0.05, 0) is 73.0 Å². The number of ether oxygens (including phenoxy) is 1. The summed E-state index contributed by atoms with van der Waals surface area (Å²) < 4.78 is 34.7. The molecule has 46 heavy (non-hydrogen) atoms. The molecule has 0 bridgehead atoms. The summed E-state index contributed by atoms with van der Waals surface area (Å²) in [5.41, 5.74) is 2.76. The fourth-order valence-corrected chi connectivity index (χ4v) is 6.54. The molecule has 2 amide bonds. The van der Waals surface area contributed by atoms with Gasteiger partial charge in [-0.3, -0.25) is 13.9 Å². The summed E-state index contributed by atoms with van der Waals surface area (Å²) in [6.45, 7) is 3.86. The third-order valence-corrected chi connectivity index (χ3v) is 9.63. The number of halogens is 1. The number of hydrogen-bond acceptors (Lipinski definition) is 5. The second kappa shape index (κ2) is 16.3. The highest BCUT2D eigenvalue weighted by atomic mass is 35.5. The molecule has 0 saturated heterocycles. The maximum Gasteiger partial charge on any atom is 0.264 e. The van der Waals surface area contributed by atoms with Gasteiger partial charge in [0.05, 0.1) is 17.7 Å². The molecule has 0 radical (unpaired) electrons. The molecular formula is C36H40ClN3O5S. The van der Waals surface area contributed by atoms with E-state index in [9.17, 15) is 18.0 Å². The topological polar surface area (TPSA) is 96.0 Å². The summed E-state index contributed by atoms with van der Waals surface area (Å²) in [4.78, 5) is 29.9. The maximum atomic E-state index is 14.5. The summed E-state index contributed by atoms with van der Waals surface area (Å²) in [6.07, 6.45) is 1.91. The maximum absolute atomic E-state index is 14.5. The molecule has 0 saturated carbocycles. The van der Waals surface area contributed by atoms with Crippen LogP contribution in [0.3, 0.4) is 0 Å². The van der Waals surface area contributed by atoms with Gasteiger partial charge in [-0.25, -0.2) is 8.42 Å². The number of benzene rings is 4. The SMILES string of the molecule is CCCCNC(=O)[C@H](Cc1ccccc1)N(Cc1cccc(OC)c1)C(=O)CN(c1ccc(Cl)cc1)S(=O)(=O)c1ccc(C)cc1. The second-order valence-corrected chi connectivity index (χ2v) is 13.3. The summed E-state index contributed by atoms with van der Waals surface area (Å²) in [5, 5.41) is 3.42. The van der Waals surface area contributed by atoms with Crippen molar-refractivity contribution in [3.8, 4) is 5.75 Å². The summed E-state index contributed by atoms with van der Waals surface area (Å²) in [7, 11) is -2.64. The molecule has 0 aliphatic heterocycles. The Labute approximate surface area is 277 Å². The van der Waals surface area contributed by atoms with E-state index in [1.54, 1.807) is 55.6 Å². The van der Waals surface area contributed by atoms with Gasteiger partial charge in [-0.1, -0.05) is 85.1 Å².